The molecule has 0 heterocycles. The van der Waals surface area contributed by atoms with Gasteiger partial charge in [0.1, 0.15) is 0 Å². The van der Waals surface area contributed by atoms with E-state index in [1.807, 2.05) is 35.2 Å². The van der Waals surface area contributed by atoms with Crippen LogP contribution in [0.15, 0.2) is 0 Å². The Morgan fingerprint density at radius 2 is 1.40 bits per heavy atom. The molecular formula is C6H16IN3. The first-order valence-corrected chi connectivity index (χ1v) is 4.25. The highest BCUT2D eigenvalue weighted by Crippen LogP contribution is 2.18. The van der Waals surface area contributed by atoms with Gasteiger partial charge in [-0.25, -0.2) is 0 Å². The lowest BCUT2D eigenvalue weighted by Crippen LogP contribution is -2.58. The second kappa shape index (κ2) is 3.85. The van der Waals surface area contributed by atoms with Gasteiger partial charge >= 0.3 is 0 Å². The second-order valence-electron chi connectivity index (χ2n) is 2.63. The molecule has 0 amide bonds. The van der Waals surface area contributed by atoms with Gasteiger partial charge in [0.05, 0.1) is 0 Å². The average molecular weight is 257 g/mol. The van der Waals surface area contributed by atoms with Crippen LogP contribution < -0.4 is 5.32 Å². The fraction of sp³-hybridized carbons (Fsp3) is 1.00. The van der Waals surface area contributed by atoms with Gasteiger partial charge in [0.25, 0.3) is 0 Å². The minimum Gasteiger partial charge on any atom is -0.281 e. The summed E-state index contributed by atoms with van der Waals surface area (Å²) in [6.45, 7) is 0. The van der Waals surface area contributed by atoms with E-state index < -0.39 is 0 Å². The van der Waals surface area contributed by atoms with Crippen LogP contribution in [0.4, 0.5) is 0 Å². The highest BCUT2D eigenvalue weighted by Gasteiger charge is 2.28. The predicted molar refractivity (Wildman–Crippen MR) is 53.2 cm³/mol. The summed E-state index contributed by atoms with van der Waals surface area (Å²) in [5, 5.41) is 3.22. The molecule has 0 saturated carbocycles. The number of nitrogens with one attached hydrogen (secondary N) is 1. The Morgan fingerprint density at radius 1 is 1.10 bits per heavy atom. The van der Waals surface area contributed by atoms with Gasteiger partial charge in [0.2, 0.25) is 0 Å². The molecule has 0 aliphatic heterocycles. The molecule has 0 atom stereocenters. The number of halogens is 1. The van der Waals surface area contributed by atoms with Gasteiger partial charge in [0.15, 0.2) is 3.79 Å². The van der Waals surface area contributed by atoms with E-state index in [4.69, 9.17) is 0 Å². The minimum absolute atomic E-state index is 0.0717. The van der Waals surface area contributed by atoms with Crippen molar-refractivity contribution in [3.63, 3.8) is 0 Å². The normalized spacial score (nSPS) is 13.2. The Kier molecular flexibility index (Phi) is 4.08. The van der Waals surface area contributed by atoms with E-state index in [1.54, 1.807) is 0 Å². The molecule has 4 heteroatoms. The molecular weight excluding hydrogens is 241 g/mol. The Balaban J connectivity index is 4.23. The third-order valence-corrected chi connectivity index (χ3v) is 3.97. The zero-order valence-corrected chi connectivity index (χ0v) is 9.43. The van der Waals surface area contributed by atoms with Crippen LogP contribution in [0.25, 0.3) is 0 Å². The molecule has 0 bridgehead atoms. The van der Waals surface area contributed by atoms with E-state index in [-0.39, 0.29) is 3.79 Å². The smallest absolute Gasteiger partial charge is 0.181 e. The van der Waals surface area contributed by atoms with Gasteiger partial charge in [-0.05, 0) is 57.8 Å². The molecule has 0 aliphatic rings. The summed E-state index contributed by atoms with van der Waals surface area (Å²) in [4.78, 5) is 4.24. The maximum atomic E-state index is 3.22. The third kappa shape index (κ3) is 2.05. The maximum Gasteiger partial charge on any atom is 0.181 e. The van der Waals surface area contributed by atoms with Crippen LogP contribution in [0.2, 0.25) is 0 Å². The lowest BCUT2D eigenvalue weighted by molar-refractivity contribution is 0.0860. The minimum atomic E-state index is -0.0717. The number of hydrogen-bond acceptors (Lipinski definition) is 3. The quantitative estimate of drug-likeness (QED) is 0.341. The van der Waals surface area contributed by atoms with E-state index in [1.165, 1.54) is 0 Å². The van der Waals surface area contributed by atoms with E-state index in [0.29, 0.717) is 0 Å². The van der Waals surface area contributed by atoms with Crippen molar-refractivity contribution >= 4 is 22.6 Å². The van der Waals surface area contributed by atoms with Crippen LogP contribution in [0.5, 0.6) is 0 Å². The lowest BCUT2D eigenvalue weighted by atomic mass is 10.6. The number of alkyl halides is 1. The standard InChI is InChI=1S/C6H16IN3/c1-8-6(7,9(2)3)10(4)5/h8H,1-5H3. The van der Waals surface area contributed by atoms with E-state index in [0.717, 1.165) is 0 Å². The zero-order valence-electron chi connectivity index (χ0n) is 7.27. The van der Waals surface area contributed by atoms with Crippen LogP contribution in [0, 0.1) is 0 Å². The van der Waals surface area contributed by atoms with Crippen molar-refractivity contribution in [2.75, 3.05) is 35.2 Å². The molecule has 0 spiro atoms. The molecule has 10 heavy (non-hydrogen) atoms. The maximum absolute atomic E-state index is 3.22. The second-order valence-corrected chi connectivity index (χ2v) is 4.13. The molecule has 0 rings (SSSR count). The topological polar surface area (TPSA) is 18.5 Å². The van der Waals surface area contributed by atoms with E-state index in [9.17, 15) is 0 Å². The highest BCUT2D eigenvalue weighted by molar-refractivity contribution is 14.1. The molecule has 0 aliphatic carbocycles. The molecule has 0 aromatic heterocycles. The summed E-state index contributed by atoms with van der Waals surface area (Å²) < 4.78 is -0.0717. The molecule has 3 nitrogen and oxygen atoms in total. The van der Waals surface area contributed by atoms with Gasteiger partial charge in [-0.2, -0.15) is 0 Å². The van der Waals surface area contributed by atoms with Gasteiger partial charge in [-0.15, -0.1) is 0 Å². The molecule has 0 unspecified atom stereocenters. The Morgan fingerprint density at radius 3 is 1.40 bits per heavy atom. The van der Waals surface area contributed by atoms with Crippen molar-refractivity contribution in [1.82, 2.24) is 15.1 Å². The predicted octanol–water partition coefficient (Wildman–Crippen LogP) is 0.375. The summed E-state index contributed by atoms with van der Waals surface area (Å²) in [5.41, 5.74) is 0. The average Bonchev–Trinajstić information content (AvgIpc) is 1.85. The summed E-state index contributed by atoms with van der Waals surface area (Å²) >= 11 is 2.36. The molecule has 62 valence electrons. The van der Waals surface area contributed by atoms with Crippen LogP contribution in [-0.4, -0.2) is 48.8 Å². The van der Waals surface area contributed by atoms with Crippen molar-refractivity contribution in [3.8, 4) is 0 Å². The number of nitrogens with zero attached hydrogens (tertiary/aromatic N) is 2. The summed E-state index contributed by atoms with van der Waals surface area (Å²) in [6, 6.07) is 0. The van der Waals surface area contributed by atoms with Crippen LogP contribution in [0.1, 0.15) is 0 Å². The number of hydrogen-bond donors (Lipinski definition) is 1. The Bertz CT molecular complexity index is 95.2. The van der Waals surface area contributed by atoms with Crippen molar-refractivity contribution < 1.29 is 0 Å². The van der Waals surface area contributed by atoms with Gasteiger partial charge in [-0.1, -0.05) is 0 Å². The first-order chi connectivity index (χ1) is 4.45. The largest absolute Gasteiger partial charge is 0.281 e. The summed E-state index contributed by atoms with van der Waals surface area (Å²) in [6.07, 6.45) is 0. The van der Waals surface area contributed by atoms with Gasteiger partial charge in [0, 0.05) is 0 Å². The van der Waals surface area contributed by atoms with E-state index in [2.05, 4.69) is 37.7 Å². The lowest BCUT2D eigenvalue weighted by Gasteiger charge is -2.39. The third-order valence-electron chi connectivity index (χ3n) is 1.50. The molecule has 0 aromatic rings. The fourth-order valence-corrected chi connectivity index (χ4v) is 0.847. The Labute approximate surface area is 76.9 Å². The molecule has 0 saturated heterocycles. The van der Waals surface area contributed by atoms with Crippen molar-refractivity contribution in [1.29, 1.82) is 0 Å². The first-order valence-electron chi connectivity index (χ1n) is 3.18. The first kappa shape index (κ1) is 10.6. The zero-order chi connectivity index (χ0) is 8.36. The number of rotatable bonds is 3. The molecule has 0 aromatic carbocycles. The molecule has 1 N–H and O–H groups in total. The van der Waals surface area contributed by atoms with E-state index >= 15 is 0 Å². The van der Waals surface area contributed by atoms with Crippen molar-refractivity contribution in [3.05, 3.63) is 0 Å². The van der Waals surface area contributed by atoms with Gasteiger partial charge < -0.3 is 0 Å². The van der Waals surface area contributed by atoms with Gasteiger partial charge in [-0.3, -0.25) is 15.1 Å². The molecule has 0 fully saturated rings. The van der Waals surface area contributed by atoms with Crippen LogP contribution in [-0.2, 0) is 0 Å². The molecule has 0 radical (unpaired) electrons. The van der Waals surface area contributed by atoms with Crippen LogP contribution in [0.3, 0.4) is 0 Å². The van der Waals surface area contributed by atoms with Crippen molar-refractivity contribution in [2.45, 2.75) is 3.79 Å². The highest BCUT2D eigenvalue weighted by atomic mass is 127. The summed E-state index contributed by atoms with van der Waals surface area (Å²) in [5.74, 6) is 0. The van der Waals surface area contributed by atoms with Crippen molar-refractivity contribution in [2.24, 2.45) is 0 Å². The fourth-order valence-electron chi connectivity index (χ4n) is 0.847. The van der Waals surface area contributed by atoms with Crippen LogP contribution >= 0.6 is 22.6 Å². The SMILES string of the molecule is CNC(I)(N(C)C)N(C)C. The summed E-state index contributed by atoms with van der Waals surface area (Å²) in [7, 11) is 10.1. The Hall–Kier alpha value is 0.610. The monoisotopic (exact) mass is 257 g/mol.